The van der Waals surface area contributed by atoms with Crippen LogP contribution < -0.4 is 10.1 Å². The minimum atomic E-state index is -2.49. The van der Waals surface area contributed by atoms with Gasteiger partial charge in [-0.15, -0.1) is 10.1 Å². The van der Waals surface area contributed by atoms with Gasteiger partial charge in [0.1, 0.15) is 18.9 Å². The zero-order valence-electron chi connectivity index (χ0n) is 25.1. The Bertz CT molecular complexity index is 1530. The van der Waals surface area contributed by atoms with Crippen molar-refractivity contribution in [3.05, 3.63) is 63.7 Å². The molecule has 0 aromatic heterocycles. The number of allylic oxidation sites excluding steroid dienone is 4. The number of nitrogens with one attached hydrogen (secondary N) is 1. The van der Waals surface area contributed by atoms with Crippen LogP contribution in [0.5, 0.6) is 5.75 Å². The molecule has 4 aliphatic carbocycles. The summed E-state index contributed by atoms with van der Waals surface area (Å²) in [7, 11) is 0. The van der Waals surface area contributed by atoms with Gasteiger partial charge in [-0.2, -0.15) is 0 Å². The van der Waals surface area contributed by atoms with Gasteiger partial charge in [-0.3, -0.25) is 14.4 Å². The number of carbonyl (C=O) groups is 4. The first kappa shape index (κ1) is 33.2. The van der Waals surface area contributed by atoms with Gasteiger partial charge in [0.05, 0.1) is 12.2 Å². The van der Waals surface area contributed by atoms with Crippen molar-refractivity contribution in [3.63, 3.8) is 0 Å². The third kappa shape index (κ3) is 5.25. The highest BCUT2D eigenvalue weighted by Crippen LogP contribution is 2.69. The fourth-order valence-corrected chi connectivity index (χ4v) is 8.06. The third-order valence-electron chi connectivity index (χ3n) is 10.4. The lowest BCUT2D eigenvalue weighted by atomic mass is 9.45. The van der Waals surface area contributed by atoms with Crippen LogP contribution in [0, 0.1) is 32.8 Å². The summed E-state index contributed by atoms with van der Waals surface area (Å²) < 4.78 is 27.2. The zero-order valence-corrected chi connectivity index (χ0v) is 25.1. The highest BCUT2D eigenvalue weighted by Gasteiger charge is 2.76. The first-order chi connectivity index (χ1) is 21.6. The molecule has 0 spiro atoms. The van der Waals surface area contributed by atoms with Crippen LogP contribution >= 0.6 is 0 Å². The van der Waals surface area contributed by atoms with Crippen LogP contribution in [0.1, 0.15) is 45.1 Å². The summed E-state index contributed by atoms with van der Waals surface area (Å²) in [5, 5.41) is 45.7. The molecule has 46 heavy (non-hydrogen) atoms. The molecule has 2 fully saturated rings. The number of esters is 1. The molecule has 4 aliphatic rings. The molecule has 0 radical (unpaired) electrons. The van der Waals surface area contributed by atoms with E-state index in [-0.39, 0.29) is 43.8 Å². The molecule has 0 aliphatic heterocycles. The van der Waals surface area contributed by atoms with Crippen LogP contribution in [0.25, 0.3) is 0 Å². The Kier molecular flexibility index (Phi) is 8.55. The van der Waals surface area contributed by atoms with Crippen molar-refractivity contribution in [2.75, 3.05) is 13.2 Å². The minimum Gasteiger partial charge on any atom is -0.456 e. The van der Waals surface area contributed by atoms with Gasteiger partial charge in [-0.1, -0.05) is 36.8 Å². The molecule has 14 nitrogen and oxygen atoms in total. The van der Waals surface area contributed by atoms with E-state index in [2.05, 4.69) is 10.2 Å². The number of aliphatic hydroxyl groups is 3. The van der Waals surface area contributed by atoms with Gasteiger partial charge in [0, 0.05) is 23.2 Å². The molecular formula is C31H35FN2O12. The number of alkyl halides is 1. The molecule has 15 heteroatoms. The molecule has 1 aromatic carbocycles. The molecule has 5 rings (SSSR count). The molecule has 0 bridgehead atoms. The van der Waals surface area contributed by atoms with Crippen molar-refractivity contribution in [1.82, 2.24) is 5.32 Å². The lowest BCUT2D eigenvalue weighted by molar-refractivity contribution is -0.763. The summed E-state index contributed by atoms with van der Waals surface area (Å²) in [4.78, 5) is 64.6. The van der Waals surface area contributed by atoms with Crippen molar-refractivity contribution in [1.29, 1.82) is 0 Å². The molecule has 1 aromatic rings. The number of carbonyl (C=O) groups excluding carboxylic acids is 4. The smallest absolute Gasteiger partial charge is 0.413 e. The maximum absolute atomic E-state index is 17.2. The van der Waals surface area contributed by atoms with E-state index in [0.717, 1.165) is 0 Å². The molecule has 1 amide bonds. The first-order valence-electron chi connectivity index (χ1n) is 14.8. The molecule has 248 valence electrons. The quantitative estimate of drug-likeness (QED) is 0.131. The Balaban J connectivity index is 1.21. The van der Waals surface area contributed by atoms with Crippen LogP contribution in [0.15, 0.2) is 48.1 Å². The van der Waals surface area contributed by atoms with E-state index in [1.165, 1.54) is 43.3 Å². The van der Waals surface area contributed by atoms with Gasteiger partial charge in [0.15, 0.2) is 23.7 Å². The van der Waals surface area contributed by atoms with Gasteiger partial charge >= 0.3 is 12.1 Å². The Labute approximate surface area is 262 Å². The van der Waals surface area contributed by atoms with Gasteiger partial charge in [0.2, 0.25) is 5.78 Å². The Hall–Kier alpha value is -4.21. The second-order valence-corrected chi connectivity index (χ2v) is 12.8. The molecule has 0 unspecified atom stereocenters. The number of benzene rings is 1. The minimum absolute atomic E-state index is 0.00405. The number of ketones is 2. The lowest BCUT2D eigenvalue weighted by Crippen LogP contribution is -2.69. The van der Waals surface area contributed by atoms with Gasteiger partial charge < -0.3 is 34.9 Å². The fourth-order valence-electron chi connectivity index (χ4n) is 8.06. The van der Waals surface area contributed by atoms with E-state index in [1.807, 2.05) is 0 Å². The van der Waals surface area contributed by atoms with Crippen molar-refractivity contribution in [3.8, 4) is 5.75 Å². The predicted molar refractivity (Wildman–Crippen MR) is 153 cm³/mol. The van der Waals surface area contributed by atoms with Crippen molar-refractivity contribution >= 4 is 23.6 Å². The second kappa shape index (κ2) is 11.9. The second-order valence-electron chi connectivity index (χ2n) is 12.8. The number of hydrogen-bond donors (Lipinski definition) is 4. The number of fused-ring (bicyclic) bond motifs is 5. The van der Waals surface area contributed by atoms with Crippen LogP contribution in [-0.2, 0) is 30.6 Å². The Morgan fingerprint density at radius 1 is 1.17 bits per heavy atom. The van der Waals surface area contributed by atoms with Crippen LogP contribution in [-0.4, -0.2) is 80.7 Å². The average molecular weight is 647 g/mol. The molecule has 0 saturated heterocycles. The fraction of sp³-hybridized carbons (Fsp3) is 0.548. The number of aliphatic hydroxyl groups excluding tert-OH is 2. The van der Waals surface area contributed by atoms with Crippen molar-refractivity contribution < 1.29 is 58.3 Å². The number of nitrogens with zero attached hydrogens (tertiary/aromatic N) is 1. The maximum atomic E-state index is 17.2. The van der Waals surface area contributed by atoms with Gasteiger partial charge in [-0.05, 0) is 55.9 Å². The van der Waals surface area contributed by atoms with Crippen molar-refractivity contribution in [2.24, 2.45) is 22.7 Å². The summed E-state index contributed by atoms with van der Waals surface area (Å²) in [5.41, 5.74) is -6.60. The van der Waals surface area contributed by atoms with Crippen LogP contribution in [0.4, 0.5) is 9.18 Å². The summed E-state index contributed by atoms with van der Waals surface area (Å²) in [5.74, 6) is -3.93. The highest BCUT2D eigenvalue weighted by atomic mass is 19.1. The summed E-state index contributed by atoms with van der Waals surface area (Å²) >= 11 is 0. The van der Waals surface area contributed by atoms with E-state index in [0.29, 0.717) is 11.1 Å². The number of rotatable bonds is 9. The molecule has 0 heterocycles. The zero-order chi connectivity index (χ0) is 33.7. The van der Waals surface area contributed by atoms with E-state index >= 15 is 4.39 Å². The topological polar surface area (TPSA) is 212 Å². The van der Waals surface area contributed by atoms with E-state index in [9.17, 15) is 44.6 Å². The number of hydrogen-bond acceptors (Lipinski definition) is 12. The molecule has 2 saturated carbocycles. The van der Waals surface area contributed by atoms with Crippen molar-refractivity contribution in [2.45, 2.75) is 69.6 Å². The normalized spacial score (nSPS) is 36.0. The molecule has 4 N–H and O–H groups in total. The standard InChI is InChI=1S/C31H35FN2O12/c1-28-9-8-19(35)11-18(28)6-7-21-22-12-23(36)31(41,29(22,2)13-24(37)30(21,28)32)25(38)16-44-26(39)14-33-27(40)46-20-5-3-4-17(10-20)15-45-34(42)43/h3-6,8-10,21-24,36-37,41H,7,11-16H2,1-2H3,(H,33,40)/t21-,22-,23+,24-,28-,29-,30-,31-/m0/s1. The van der Waals surface area contributed by atoms with Gasteiger partial charge in [-0.25, -0.2) is 9.18 Å². The molecular weight excluding hydrogens is 611 g/mol. The number of Topliss-reactive ketones (excluding diaryl/α,β-unsaturated/α-hetero) is 1. The number of amides is 1. The first-order valence-corrected chi connectivity index (χ1v) is 14.8. The molecule has 8 atom stereocenters. The van der Waals surface area contributed by atoms with Crippen LogP contribution in [0.3, 0.4) is 0 Å². The van der Waals surface area contributed by atoms with Gasteiger partial charge in [0.25, 0.3) is 5.09 Å². The third-order valence-corrected chi connectivity index (χ3v) is 10.4. The highest BCUT2D eigenvalue weighted by molar-refractivity contribution is 5.94. The summed E-state index contributed by atoms with van der Waals surface area (Å²) in [6.45, 7) is 1.05. The Morgan fingerprint density at radius 2 is 1.91 bits per heavy atom. The average Bonchev–Trinajstić information content (AvgIpc) is 3.20. The predicted octanol–water partition coefficient (Wildman–Crippen LogP) is 1.67. The maximum Gasteiger partial charge on any atom is 0.413 e. The summed E-state index contributed by atoms with van der Waals surface area (Å²) in [6, 6.07) is 5.66. The summed E-state index contributed by atoms with van der Waals surface area (Å²) in [6.07, 6.45) is -0.198. The Morgan fingerprint density at radius 3 is 2.63 bits per heavy atom. The van der Waals surface area contributed by atoms with Crippen LogP contribution in [0.2, 0.25) is 0 Å². The largest absolute Gasteiger partial charge is 0.456 e. The van der Waals surface area contributed by atoms with E-state index in [1.54, 1.807) is 13.0 Å². The number of ether oxygens (including phenoxy) is 2. The number of halogens is 1. The van der Waals surface area contributed by atoms with E-state index < -0.39 is 82.2 Å². The lowest BCUT2D eigenvalue weighted by Gasteiger charge is -2.61. The van der Waals surface area contributed by atoms with E-state index in [4.69, 9.17) is 9.47 Å². The SMILES string of the molecule is C[C@]12C=CC(=O)CC1=CC[C@H]1[C@@H]3C[C@@H](O)[C@](O)(C(=O)COC(=O)CNC(=O)Oc4cccc(CO[N+](=O)[O-])c4)[C@@]3(C)C[C@H](O)[C@@]12F. The monoisotopic (exact) mass is 646 g/mol.